The van der Waals surface area contributed by atoms with Crippen molar-refractivity contribution in [3.05, 3.63) is 66.7 Å². The van der Waals surface area contributed by atoms with Crippen LogP contribution in [-0.2, 0) is 17.1 Å². The van der Waals surface area contributed by atoms with Crippen molar-refractivity contribution < 1.29 is 8.42 Å². The molecular weight excluding hydrogens is 410 g/mol. The third-order valence-corrected chi connectivity index (χ3v) is 5.61. The van der Waals surface area contributed by atoms with Gasteiger partial charge >= 0.3 is 0 Å². The highest BCUT2D eigenvalue weighted by Gasteiger charge is 2.19. The Morgan fingerprint density at radius 2 is 1.71 bits per heavy atom. The van der Waals surface area contributed by atoms with Crippen molar-refractivity contribution >= 4 is 15.5 Å². The second kappa shape index (κ2) is 7.69. The number of hydrogen-bond acceptors (Lipinski definition) is 4. The number of aryl methyl sites for hydroxylation is 1. The number of rotatable bonds is 4. The predicted octanol–water partition coefficient (Wildman–Crippen LogP) is 3.08. The highest BCUT2D eigenvalue weighted by molar-refractivity contribution is 7.88. The molecule has 1 aromatic carbocycles. The van der Waals surface area contributed by atoms with Gasteiger partial charge in [-0.15, -0.1) is 0 Å². The molecule has 0 radical (unpaired) electrons. The van der Waals surface area contributed by atoms with E-state index in [1.807, 2.05) is 44.0 Å². The van der Waals surface area contributed by atoms with Crippen LogP contribution in [0.15, 0.2) is 61.2 Å². The van der Waals surface area contributed by atoms with Gasteiger partial charge in [-0.05, 0) is 37.1 Å². The van der Waals surface area contributed by atoms with E-state index in [4.69, 9.17) is 0 Å². The molecule has 0 bridgehead atoms. The molecule has 1 N–H and O–H groups in total. The number of aromatic nitrogens is 4. The number of benzene rings is 1. The van der Waals surface area contributed by atoms with Crippen LogP contribution in [0.25, 0.3) is 27.8 Å². The average molecular weight is 434 g/mol. The number of nitrogens with zero attached hydrogens (tertiary/aromatic N) is 4. The number of fused-ring (bicyclic) bond motifs is 1. The molecule has 0 saturated carbocycles. The van der Waals surface area contributed by atoms with Crippen molar-refractivity contribution in [2.75, 3.05) is 6.26 Å². The summed E-state index contributed by atoms with van der Waals surface area (Å²) in [5, 5.41) is 8.69. The van der Waals surface area contributed by atoms with Crippen LogP contribution in [0.5, 0.6) is 0 Å². The molecule has 0 aliphatic carbocycles. The van der Waals surface area contributed by atoms with Gasteiger partial charge in [0.05, 0.1) is 35.3 Å². The fourth-order valence-electron chi connectivity index (χ4n) is 3.48. The van der Waals surface area contributed by atoms with E-state index in [1.54, 1.807) is 23.0 Å². The zero-order valence-electron chi connectivity index (χ0n) is 17.8. The summed E-state index contributed by atoms with van der Waals surface area (Å²) >= 11 is 0. The Bertz CT molecular complexity index is 1420. The first-order chi connectivity index (χ1) is 14.6. The fourth-order valence-corrected chi connectivity index (χ4v) is 4.46. The largest absolute Gasteiger partial charge is 0.275 e. The zero-order valence-corrected chi connectivity index (χ0v) is 18.6. The standard InChI is InChI=1S/C23H23N5O2S/c1-23(2,26-31(4,29)30)12-11-19-6-5-13-28-22(19)21(15-25-28)18-9-7-17(8-10-18)20-14-24-27(3)16-20/h5-10,13-16,26H,1-4H3. The molecule has 4 rings (SSSR count). The number of nitrogens with one attached hydrogen (secondary N) is 1. The Morgan fingerprint density at radius 1 is 1.00 bits per heavy atom. The lowest BCUT2D eigenvalue weighted by atomic mass is 10.0. The molecule has 8 heteroatoms. The molecule has 3 heterocycles. The summed E-state index contributed by atoms with van der Waals surface area (Å²) in [5.74, 6) is 6.17. The smallest absolute Gasteiger partial charge is 0.209 e. The predicted molar refractivity (Wildman–Crippen MR) is 122 cm³/mol. The van der Waals surface area contributed by atoms with Crippen molar-refractivity contribution in [1.82, 2.24) is 24.1 Å². The Kier molecular flexibility index (Phi) is 5.17. The molecule has 7 nitrogen and oxygen atoms in total. The first-order valence-electron chi connectivity index (χ1n) is 9.69. The third kappa shape index (κ3) is 4.68. The Morgan fingerprint density at radius 3 is 2.35 bits per heavy atom. The van der Waals surface area contributed by atoms with E-state index in [2.05, 4.69) is 51.0 Å². The van der Waals surface area contributed by atoms with Crippen molar-refractivity contribution in [3.63, 3.8) is 0 Å². The number of sulfonamides is 1. The summed E-state index contributed by atoms with van der Waals surface area (Å²) < 4.78 is 29.3. The molecule has 158 valence electrons. The second-order valence-corrected chi connectivity index (χ2v) is 9.75. The van der Waals surface area contributed by atoms with Crippen LogP contribution < -0.4 is 4.72 Å². The molecule has 0 aliphatic rings. The molecular formula is C23H23N5O2S. The van der Waals surface area contributed by atoms with Crippen LogP contribution in [0, 0.1) is 11.8 Å². The Labute approximate surface area is 181 Å². The van der Waals surface area contributed by atoms with Gasteiger partial charge in [-0.25, -0.2) is 12.9 Å². The van der Waals surface area contributed by atoms with Crippen LogP contribution in [0.3, 0.4) is 0 Å². The Balaban J connectivity index is 1.74. The number of pyridine rings is 1. The van der Waals surface area contributed by atoms with Gasteiger partial charge in [0.1, 0.15) is 0 Å². The first-order valence-corrected chi connectivity index (χ1v) is 11.6. The quantitative estimate of drug-likeness (QED) is 0.502. The van der Waals surface area contributed by atoms with Crippen LogP contribution in [0.4, 0.5) is 0 Å². The van der Waals surface area contributed by atoms with Gasteiger partial charge in [0.15, 0.2) is 0 Å². The minimum Gasteiger partial charge on any atom is -0.275 e. The van der Waals surface area contributed by atoms with E-state index >= 15 is 0 Å². The van der Waals surface area contributed by atoms with Gasteiger partial charge in [-0.2, -0.15) is 14.9 Å². The minimum atomic E-state index is -3.37. The topological polar surface area (TPSA) is 81.3 Å². The van der Waals surface area contributed by atoms with E-state index in [1.165, 1.54) is 0 Å². The lowest BCUT2D eigenvalue weighted by molar-refractivity contribution is 0.544. The van der Waals surface area contributed by atoms with E-state index < -0.39 is 15.6 Å². The molecule has 0 spiro atoms. The summed E-state index contributed by atoms with van der Waals surface area (Å²) in [6, 6.07) is 12.0. The molecule has 3 aromatic heterocycles. The van der Waals surface area contributed by atoms with Crippen molar-refractivity contribution in [3.8, 4) is 34.1 Å². The van der Waals surface area contributed by atoms with Crippen molar-refractivity contribution in [1.29, 1.82) is 0 Å². The molecule has 31 heavy (non-hydrogen) atoms. The lowest BCUT2D eigenvalue weighted by Gasteiger charge is -2.17. The van der Waals surface area contributed by atoms with Gasteiger partial charge < -0.3 is 0 Å². The fraction of sp³-hybridized carbons (Fsp3) is 0.217. The van der Waals surface area contributed by atoms with E-state index in [9.17, 15) is 8.42 Å². The summed E-state index contributed by atoms with van der Waals surface area (Å²) in [5.41, 5.74) is 4.87. The molecule has 0 aliphatic heterocycles. The SMILES string of the molecule is Cn1cc(-c2ccc(-c3cnn4cccc(C#CC(C)(C)NS(C)(=O)=O)c34)cc2)cn1. The van der Waals surface area contributed by atoms with Gasteiger partial charge in [-0.1, -0.05) is 36.1 Å². The highest BCUT2D eigenvalue weighted by Crippen LogP contribution is 2.29. The maximum Gasteiger partial charge on any atom is 0.209 e. The van der Waals surface area contributed by atoms with Crippen molar-refractivity contribution in [2.24, 2.45) is 7.05 Å². The van der Waals surface area contributed by atoms with Gasteiger partial charge in [0.25, 0.3) is 0 Å². The van der Waals surface area contributed by atoms with Crippen LogP contribution >= 0.6 is 0 Å². The summed E-state index contributed by atoms with van der Waals surface area (Å²) in [6.45, 7) is 3.46. The monoisotopic (exact) mass is 433 g/mol. The van der Waals surface area contributed by atoms with Crippen molar-refractivity contribution in [2.45, 2.75) is 19.4 Å². The summed E-state index contributed by atoms with van der Waals surface area (Å²) in [7, 11) is -1.48. The van der Waals surface area contributed by atoms with Crippen LogP contribution in [0.1, 0.15) is 19.4 Å². The number of hydrogen-bond donors (Lipinski definition) is 1. The molecule has 0 fully saturated rings. The molecule has 4 aromatic rings. The van der Waals surface area contributed by atoms with Gasteiger partial charge in [-0.3, -0.25) is 4.68 Å². The molecule has 0 atom stereocenters. The molecule has 0 saturated heterocycles. The third-order valence-electron chi connectivity index (χ3n) is 4.73. The molecule has 0 unspecified atom stereocenters. The van der Waals surface area contributed by atoms with E-state index in [-0.39, 0.29) is 0 Å². The zero-order chi connectivity index (χ0) is 22.2. The highest BCUT2D eigenvalue weighted by atomic mass is 32.2. The normalized spacial score (nSPS) is 12.0. The first kappa shape index (κ1) is 20.8. The lowest BCUT2D eigenvalue weighted by Crippen LogP contribution is -2.41. The average Bonchev–Trinajstić information content (AvgIpc) is 3.31. The minimum absolute atomic E-state index is 0.773. The maximum absolute atomic E-state index is 11.6. The molecule has 0 amide bonds. The van der Waals surface area contributed by atoms with E-state index in [0.717, 1.165) is 39.6 Å². The summed E-state index contributed by atoms with van der Waals surface area (Å²) in [4.78, 5) is 0. The van der Waals surface area contributed by atoms with E-state index in [0.29, 0.717) is 0 Å². The maximum atomic E-state index is 11.6. The van der Waals surface area contributed by atoms with Crippen LogP contribution in [0.2, 0.25) is 0 Å². The van der Waals surface area contributed by atoms with Gasteiger partial charge in [0.2, 0.25) is 10.0 Å². The van der Waals surface area contributed by atoms with Crippen LogP contribution in [-0.4, -0.2) is 39.6 Å². The van der Waals surface area contributed by atoms with Gasteiger partial charge in [0, 0.05) is 30.6 Å². The second-order valence-electron chi connectivity index (χ2n) is 8.00. The summed E-state index contributed by atoms with van der Waals surface area (Å²) in [6.07, 6.45) is 8.63. The Hall–Kier alpha value is -3.41.